The number of aliphatic hydroxyl groups excluding tert-OH is 2. The highest BCUT2D eigenvalue weighted by molar-refractivity contribution is 7.80. The van der Waals surface area contributed by atoms with E-state index in [1.54, 1.807) is 0 Å². The van der Waals surface area contributed by atoms with E-state index in [9.17, 15) is 8.42 Å². The SMILES string of the molecule is CCCCCCCCCOS(=O)(=O)O.CCOCC.OCCOCCOCCOCCO. The monoisotopic (exact) mass is 492 g/mol. The van der Waals surface area contributed by atoms with Crippen molar-refractivity contribution < 1.29 is 46.3 Å². The van der Waals surface area contributed by atoms with Crippen molar-refractivity contribution in [3.63, 3.8) is 0 Å². The lowest BCUT2D eigenvalue weighted by molar-refractivity contribution is 0.00230. The average molecular weight is 493 g/mol. The van der Waals surface area contributed by atoms with Crippen LogP contribution in [0.5, 0.6) is 0 Å². The molecule has 0 atom stereocenters. The zero-order valence-electron chi connectivity index (χ0n) is 20.3. The lowest BCUT2D eigenvalue weighted by Gasteiger charge is -2.04. The molecule has 0 heterocycles. The van der Waals surface area contributed by atoms with Crippen LogP contribution in [0.4, 0.5) is 0 Å². The summed E-state index contributed by atoms with van der Waals surface area (Å²) in [4.78, 5) is 0. The minimum absolute atomic E-state index is 0.0413. The molecule has 0 aliphatic rings. The van der Waals surface area contributed by atoms with Crippen LogP contribution in [0.3, 0.4) is 0 Å². The van der Waals surface area contributed by atoms with Crippen molar-refractivity contribution in [3.05, 3.63) is 0 Å². The van der Waals surface area contributed by atoms with Crippen LogP contribution in [0.25, 0.3) is 0 Å². The number of unbranched alkanes of at least 4 members (excludes halogenated alkanes) is 6. The lowest BCUT2D eigenvalue weighted by atomic mass is 10.1. The first-order valence-electron chi connectivity index (χ1n) is 11.5. The van der Waals surface area contributed by atoms with Crippen LogP contribution in [0.2, 0.25) is 0 Å². The van der Waals surface area contributed by atoms with E-state index in [-0.39, 0.29) is 19.8 Å². The average Bonchev–Trinajstić information content (AvgIpc) is 2.75. The first-order valence-corrected chi connectivity index (χ1v) is 12.9. The molecular formula is C21H48O10S. The maximum atomic E-state index is 10.1. The maximum absolute atomic E-state index is 10.1. The van der Waals surface area contributed by atoms with Crippen molar-refractivity contribution in [3.8, 4) is 0 Å². The maximum Gasteiger partial charge on any atom is 0.397 e. The largest absolute Gasteiger partial charge is 0.397 e. The van der Waals surface area contributed by atoms with Crippen LogP contribution in [-0.4, -0.2) is 95.9 Å². The highest BCUT2D eigenvalue weighted by atomic mass is 32.3. The Morgan fingerprint density at radius 1 is 0.562 bits per heavy atom. The summed E-state index contributed by atoms with van der Waals surface area (Å²) in [6, 6.07) is 0. The smallest absolute Gasteiger partial charge is 0.394 e. The second kappa shape index (κ2) is 32.8. The van der Waals surface area contributed by atoms with Crippen molar-refractivity contribution >= 4 is 10.4 Å². The first-order chi connectivity index (χ1) is 15.4. The lowest BCUT2D eigenvalue weighted by Crippen LogP contribution is -2.11. The third kappa shape index (κ3) is 47.4. The molecule has 0 bridgehead atoms. The molecule has 0 aromatic rings. The number of aliphatic hydroxyl groups is 2. The van der Waals surface area contributed by atoms with Crippen LogP contribution in [0.1, 0.15) is 65.7 Å². The standard InChI is InChI=1S/C9H20O4S.C8H18O5.C4H10O/c1-2-3-4-5-6-7-8-9-13-14(10,11)12;9-1-3-11-5-7-13-8-6-12-4-2-10;1-3-5-4-2/h2-9H2,1H3,(H,10,11,12);9-10H,1-8H2;3-4H2,1-2H3. The normalized spacial score (nSPS) is 10.8. The van der Waals surface area contributed by atoms with Crippen LogP contribution < -0.4 is 0 Å². The molecule has 0 unspecified atom stereocenters. The molecule has 0 saturated carbocycles. The van der Waals surface area contributed by atoms with Gasteiger partial charge in [-0.1, -0.05) is 45.4 Å². The summed E-state index contributed by atoms with van der Waals surface area (Å²) in [7, 11) is -4.23. The summed E-state index contributed by atoms with van der Waals surface area (Å²) in [5.41, 5.74) is 0. The second-order valence-corrected chi connectivity index (χ2v) is 7.53. The van der Waals surface area contributed by atoms with Gasteiger partial charge in [0.25, 0.3) is 0 Å². The van der Waals surface area contributed by atoms with Gasteiger partial charge in [-0.15, -0.1) is 0 Å². The number of ether oxygens (including phenoxy) is 4. The van der Waals surface area contributed by atoms with E-state index in [1.807, 2.05) is 13.8 Å². The van der Waals surface area contributed by atoms with Crippen LogP contribution in [0, 0.1) is 0 Å². The van der Waals surface area contributed by atoms with E-state index in [0.29, 0.717) is 46.1 Å². The highest BCUT2D eigenvalue weighted by Gasteiger charge is 2.02. The fourth-order valence-corrected chi connectivity index (χ4v) is 2.43. The Hall–Kier alpha value is -0.370. The molecule has 0 spiro atoms. The minimum Gasteiger partial charge on any atom is -0.394 e. The van der Waals surface area contributed by atoms with E-state index in [1.165, 1.54) is 25.7 Å². The van der Waals surface area contributed by atoms with Crippen molar-refractivity contribution in [1.29, 1.82) is 0 Å². The number of hydrogen-bond acceptors (Lipinski definition) is 9. The second-order valence-electron chi connectivity index (χ2n) is 6.44. The Labute approximate surface area is 195 Å². The highest BCUT2D eigenvalue weighted by Crippen LogP contribution is 2.07. The van der Waals surface area contributed by atoms with Gasteiger partial charge in [-0.2, -0.15) is 8.42 Å². The number of rotatable bonds is 21. The third-order valence-corrected chi connectivity index (χ3v) is 4.07. The summed E-state index contributed by atoms with van der Waals surface area (Å²) in [5.74, 6) is 0. The predicted molar refractivity (Wildman–Crippen MR) is 124 cm³/mol. The van der Waals surface area contributed by atoms with Crippen molar-refractivity contribution in [2.75, 3.05) is 72.7 Å². The molecule has 0 aliphatic heterocycles. The molecule has 0 saturated heterocycles. The first kappa shape index (κ1) is 36.2. The quantitative estimate of drug-likeness (QED) is 0.162. The molecule has 0 aromatic carbocycles. The fourth-order valence-electron chi connectivity index (χ4n) is 2.10. The summed E-state index contributed by atoms with van der Waals surface area (Å²) in [6.07, 6.45) is 7.68. The molecule has 0 aromatic heterocycles. The molecule has 32 heavy (non-hydrogen) atoms. The van der Waals surface area contributed by atoms with Gasteiger partial charge in [-0.05, 0) is 20.3 Å². The zero-order valence-corrected chi connectivity index (χ0v) is 21.2. The minimum atomic E-state index is -4.23. The van der Waals surface area contributed by atoms with E-state index >= 15 is 0 Å². The molecule has 3 N–H and O–H groups in total. The van der Waals surface area contributed by atoms with E-state index in [0.717, 1.165) is 26.1 Å². The van der Waals surface area contributed by atoms with E-state index < -0.39 is 10.4 Å². The van der Waals surface area contributed by atoms with Gasteiger partial charge >= 0.3 is 10.4 Å². The zero-order chi connectivity index (χ0) is 24.8. The summed E-state index contributed by atoms with van der Waals surface area (Å²) in [6.45, 7) is 10.7. The number of hydrogen-bond donors (Lipinski definition) is 3. The van der Waals surface area contributed by atoms with Gasteiger partial charge in [-0.3, -0.25) is 4.55 Å². The fraction of sp³-hybridized carbons (Fsp3) is 1.00. The van der Waals surface area contributed by atoms with Gasteiger partial charge in [0.1, 0.15) is 0 Å². The van der Waals surface area contributed by atoms with Crippen molar-refractivity contribution in [1.82, 2.24) is 0 Å². The Morgan fingerprint density at radius 2 is 0.969 bits per heavy atom. The molecule has 0 rings (SSSR count). The summed E-state index contributed by atoms with van der Waals surface area (Å²) < 4.78 is 52.6. The Morgan fingerprint density at radius 3 is 1.31 bits per heavy atom. The van der Waals surface area contributed by atoms with Crippen LogP contribution in [0.15, 0.2) is 0 Å². The van der Waals surface area contributed by atoms with Gasteiger partial charge in [0.2, 0.25) is 0 Å². The van der Waals surface area contributed by atoms with Crippen molar-refractivity contribution in [2.24, 2.45) is 0 Å². The molecule has 0 fully saturated rings. The van der Waals surface area contributed by atoms with Gasteiger partial charge in [0, 0.05) is 13.2 Å². The molecule has 11 heteroatoms. The predicted octanol–water partition coefficient (Wildman–Crippen LogP) is 2.62. The topological polar surface area (TPSA) is 141 Å². The van der Waals surface area contributed by atoms with E-state index in [4.69, 9.17) is 33.7 Å². The Balaban J connectivity index is -0.000000436. The van der Waals surface area contributed by atoms with E-state index in [2.05, 4.69) is 11.1 Å². The molecule has 0 amide bonds. The molecule has 198 valence electrons. The summed E-state index contributed by atoms with van der Waals surface area (Å²) in [5, 5.41) is 16.7. The van der Waals surface area contributed by atoms with Crippen molar-refractivity contribution in [2.45, 2.75) is 65.7 Å². The van der Waals surface area contributed by atoms with Gasteiger partial charge in [-0.25, -0.2) is 4.18 Å². The van der Waals surface area contributed by atoms with Gasteiger partial charge < -0.3 is 29.2 Å². The molecule has 10 nitrogen and oxygen atoms in total. The van der Waals surface area contributed by atoms with Gasteiger partial charge in [0.05, 0.1) is 59.5 Å². The third-order valence-electron chi connectivity index (χ3n) is 3.60. The van der Waals surface area contributed by atoms with Gasteiger partial charge in [0.15, 0.2) is 0 Å². The van der Waals surface area contributed by atoms with Crippen LogP contribution >= 0.6 is 0 Å². The Kier molecular flexibility index (Phi) is 37.1. The molecule has 0 radical (unpaired) electrons. The molecular weight excluding hydrogens is 444 g/mol. The summed E-state index contributed by atoms with van der Waals surface area (Å²) >= 11 is 0. The van der Waals surface area contributed by atoms with Crippen LogP contribution in [-0.2, 0) is 33.5 Å². The molecule has 0 aliphatic carbocycles. The Bertz CT molecular complexity index is 395.